The van der Waals surface area contributed by atoms with Crippen LogP contribution in [0.4, 0.5) is 5.69 Å². The lowest BCUT2D eigenvalue weighted by Gasteiger charge is -2.33. The molecule has 20 heavy (non-hydrogen) atoms. The fourth-order valence-electron chi connectivity index (χ4n) is 2.71. The molecule has 1 aromatic carbocycles. The highest BCUT2D eigenvalue weighted by Crippen LogP contribution is 2.27. The number of nitro benzene ring substituents is 1. The van der Waals surface area contributed by atoms with Crippen LogP contribution in [0.3, 0.4) is 0 Å². The van der Waals surface area contributed by atoms with Crippen LogP contribution >= 0.6 is 0 Å². The third-order valence-electron chi connectivity index (χ3n) is 3.50. The summed E-state index contributed by atoms with van der Waals surface area (Å²) in [5.74, 6) is 0.597. The lowest BCUT2D eigenvalue weighted by atomic mass is 9.94. The number of piperidine rings is 1. The Hall–Kier alpha value is -1.47. The smallest absolute Gasteiger partial charge is 0.258 e. The first-order valence-corrected chi connectivity index (χ1v) is 7.99. The molecule has 0 N–H and O–H groups in total. The highest BCUT2D eigenvalue weighted by Gasteiger charge is 2.32. The molecule has 0 saturated carbocycles. The van der Waals surface area contributed by atoms with E-state index in [4.69, 9.17) is 0 Å². The van der Waals surface area contributed by atoms with E-state index in [9.17, 15) is 18.5 Å². The molecule has 2 rings (SSSR count). The maximum absolute atomic E-state index is 12.6. The van der Waals surface area contributed by atoms with Gasteiger partial charge in [0.2, 0.25) is 10.0 Å². The summed E-state index contributed by atoms with van der Waals surface area (Å²) in [5.41, 5.74) is -0.204. The van der Waals surface area contributed by atoms with Gasteiger partial charge in [-0.1, -0.05) is 19.9 Å². The van der Waals surface area contributed by atoms with Gasteiger partial charge in [0.1, 0.15) is 0 Å². The van der Waals surface area contributed by atoms with Gasteiger partial charge in [0.05, 0.1) is 9.82 Å². The predicted molar refractivity (Wildman–Crippen MR) is 74.8 cm³/mol. The second-order valence-electron chi connectivity index (χ2n) is 5.52. The number of sulfonamides is 1. The summed E-state index contributed by atoms with van der Waals surface area (Å²) in [6, 6.07) is 5.23. The minimum absolute atomic E-state index is 0.00648. The lowest BCUT2D eigenvalue weighted by molar-refractivity contribution is -0.385. The zero-order chi connectivity index (χ0) is 14.9. The molecule has 0 aliphatic carbocycles. The standard InChI is InChI=1S/C13H18N2O4S/c1-10-6-11(2)9-14(8-10)20(18,19)13-5-3-4-12(7-13)15(16)17/h3-5,7,10-11H,6,8-9H2,1-2H3/t10-,11-/m0/s1. The molecule has 1 aliphatic heterocycles. The van der Waals surface area contributed by atoms with Gasteiger partial charge in [0.15, 0.2) is 0 Å². The molecule has 0 spiro atoms. The molecule has 0 aromatic heterocycles. The number of hydrogen-bond donors (Lipinski definition) is 0. The highest BCUT2D eigenvalue weighted by molar-refractivity contribution is 7.89. The Bertz CT molecular complexity index is 605. The van der Waals surface area contributed by atoms with Crippen LogP contribution in [0.5, 0.6) is 0 Å². The van der Waals surface area contributed by atoms with Crippen molar-refractivity contribution in [2.75, 3.05) is 13.1 Å². The first kappa shape index (κ1) is 14.9. The molecule has 0 amide bonds. The summed E-state index contributed by atoms with van der Waals surface area (Å²) < 4.78 is 26.5. The largest absolute Gasteiger partial charge is 0.270 e. The Morgan fingerprint density at radius 1 is 1.25 bits per heavy atom. The molecule has 2 atom stereocenters. The summed E-state index contributed by atoms with van der Waals surface area (Å²) in [5, 5.41) is 10.8. The van der Waals surface area contributed by atoms with Gasteiger partial charge in [0.25, 0.3) is 5.69 Å². The van der Waals surface area contributed by atoms with Crippen LogP contribution in [0.1, 0.15) is 20.3 Å². The molecule has 0 radical (unpaired) electrons. The van der Waals surface area contributed by atoms with Crippen LogP contribution in [-0.4, -0.2) is 30.7 Å². The third kappa shape index (κ3) is 2.99. The zero-order valence-electron chi connectivity index (χ0n) is 11.5. The van der Waals surface area contributed by atoms with Crippen molar-refractivity contribution in [1.82, 2.24) is 4.31 Å². The van der Waals surface area contributed by atoms with Crippen LogP contribution in [0.2, 0.25) is 0 Å². The van der Waals surface area contributed by atoms with Crippen molar-refractivity contribution in [3.63, 3.8) is 0 Å². The molecular formula is C13H18N2O4S. The number of hydrogen-bond acceptors (Lipinski definition) is 4. The van der Waals surface area contributed by atoms with E-state index < -0.39 is 14.9 Å². The summed E-state index contributed by atoms with van der Waals surface area (Å²) in [6.45, 7) is 4.97. The number of rotatable bonds is 3. The van der Waals surface area contributed by atoms with Crippen LogP contribution in [0, 0.1) is 22.0 Å². The Kier molecular flexibility index (Phi) is 4.10. The van der Waals surface area contributed by atoms with E-state index in [-0.39, 0.29) is 10.6 Å². The molecule has 1 saturated heterocycles. The van der Waals surface area contributed by atoms with Gasteiger partial charge in [-0.15, -0.1) is 0 Å². The molecule has 7 heteroatoms. The lowest BCUT2D eigenvalue weighted by Crippen LogP contribution is -2.42. The number of benzene rings is 1. The second kappa shape index (κ2) is 5.49. The Morgan fingerprint density at radius 3 is 2.40 bits per heavy atom. The SMILES string of the molecule is C[C@H]1C[C@H](C)CN(S(=O)(=O)c2cccc([N+](=O)[O-])c2)C1. The van der Waals surface area contributed by atoms with E-state index in [0.29, 0.717) is 24.9 Å². The van der Waals surface area contributed by atoms with E-state index >= 15 is 0 Å². The number of nitrogens with zero attached hydrogens (tertiary/aromatic N) is 2. The van der Waals surface area contributed by atoms with Crippen molar-refractivity contribution >= 4 is 15.7 Å². The maximum Gasteiger partial charge on any atom is 0.270 e. The molecule has 110 valence electrons. The minimum Gasteiger partial charge on any atom is -0.258 e. The predicted octanol–water partition coefficient (Wildman–Crippen LogP) is 2.26. The molecule has 0 unspecified atom stereocenters. The van der Waals surface area contributed by atoms with Gasteiger partial charge in [0, 0.05) is 25.2 Å². The molecule has 1 heterocycles. The van der Waals surface area contributed by atoms with Gasteiger partial charge in [-0.3, -0.25) is 10.1 Å². The van der Waals surface area contributed by atoms with Crippen molar-refractivity contribution in [2.24, 2.45) is 11.8 Å². The van der Waals surface area contributed by atoms with Gasteiger partial charge in [-0.05, 0) is 24.3 Å². The van der Waals surface area contributed by atoms with Gasteiger partial charge in [-0.25, -0.2) is 8.42 Å². The van der Waals surface area contributed by atoms with Crippen molar-refractivity contribution in [1.29, 1.82) is 0 Å². The summed E-state index contributed by atoms with van der Waals surface area (Å²) in [6.07, 6.45) is 1.00. The van der Waals surface area contributed by atoms with E-state index in [2.05, 4.69) is 0 Å². The zero-order valence-corrected chi connectivity index (χ0v) is 12.3. The van der Waals surface area contributed by atoms with Crippen LogP contribution < -0.4 is 0 Å². The van der Waals surface area contributed by atoms with E-state index in [1.807, 2.05) is 13.8 Å². The number of non-ortho nitro benzene ring substituents is 1. The maximum atomic E-state index is 12.6. The van der Waals surface area contributed by atoms with Crippen molar-refractivity contribution < 1.29 is 13.3 Å². The van der Waals surface area contributed by atoms with E-state index in [1.54, 1.807) is 0 Å². The monoisotopic (exact) mass is 298 g/mol. The minimum atomic E-state index is -3.66. The highest BCUT2D eigenvalue weighted by atomic mass is 32.2. The van der Waals surface area contributed by atoms with Crippen molar-refractivity contribution in [3.8, 4) is 0 Å². The quantitative estimate of drug-likeness (QED) is 0.633. The van der Waals surface area contributed by atoms with E-state index in [1.165, 1.54) is 22.5 Å². The Labute approximate surface area is 118 Å². The summed E-state index contributed by atoms with van der Waals surface area (Å²) in [4.78, 5) is 10.2. The Balaban J connectivity index is 2.34. The molecular weight excluding hydrogens is 280 g/mol. The molecule has 0 bridgehead atoms. The van der Waals surface area contributed by atoms with Gasteiger partial charge >= 0.3 is 0 Å². The first-order chi connectivity index (χ1) is 9.30. The van der Waals surface area contributed by atoms with Gasteiger partial charge in [-0.2, -0.15) is 4.31 Å². The molecule has 1 fully saturated rings. The second-order valence-corrected chi connectivity index (χ2v) is 7.46. The molecule has 1 aromatic rings. The average molecular weight is 298 g/mol. The topological polar surface area (TPSA) is 80.5 Å². The fourth-order valence-corrected chi connectivity index (χ4v) is 4.43. The molecule has 1 aliphatic rings. The van der Waals surface area contributed by atoms with Crippen molar-refractivity contribution in [2.45, 2.75) is 25.2 Å². The summed E-state index contributed by atoms with van der Waals surface area (Å²) in [7, 11) is -3.66. The summed E-state index contributed by atoms with van der Waals surface area (Å²) >= 11 is 0. The van der Waals surface area contributed by atoms with Crippen molar-refractivity contribution in [3.05, 3.63) is 34.4 Å². The van der Waals surface area contributed by atoms with Crippen LogP contribution in [0.25, 0.3) is 0 Å². The van der Waals surface area contributed by atoms with Gasteiger partial charge < -0.3 is 0 Å². The Morgan fingerprint density at radius 2 is 1.85 bits per heavy atom. The van der Waals surface area contributed by atoms with Crippen LogP contribution in [-0.2, 0) is 10.0 Å². The fraction of sp³-hybridized carbons (Fsp3) is 0.538. The van der Waals surface area contributed by atoms with E-state index in [0.717, 1.165) is 12.5 Å². The third-order valence-corrected chi connectivity index (χ3v) is 5.33. The van der Waals surface area contributed by atoms with Crippen LogP contribution in [0.15, 0.2) is 29.2 Å². The molecule has 6 nitrogen and oxygen atoms in total. The first-order valence-electron chi connectivity index (χ1n) is 6.55. The normalized spacial score (nSPS) is 24.5. The average Bonchev–Trinajstić information content (AvgIpc) is 2.37. The number of nitro groups is 1.